The highest BCUT2D eigenvalue weighted by Crippen LogP contribution is 2.27. The van der Waals surface area contributed by atoms with Crippen molar-refractivity contribution >= 4 is 21.8 Å². The summed E-state index contributed by atoms with van der Waals surface area (Å²) in [6.45, 7) is 3.09. The van der Waals surface area contributed by atoms with Gasteiger partial charge in [0.1, 0.15) is 0 Å². The Morgan fingerprint density at radius 3 is 1.87 bits per heavy atom. The maximum Gasteiger partial charge on any atom is 0.335 e. The van der Waals surface area contributed by atoms with Crippen molar-refractivity contribution in [2.45, 2.75) is 23.6 Å². The third-order valence-electron chi connectivity index (χ3n) is 3.67. The average Bonchev–Trinajstić information content (AvgIpc) is 2.49. The highest BCUT2D eigenvalue weighted by atomic mass is 32.2. The second-order valence-corrected chi connectivity index (χ2v) is 6.92. The molecule has 0 aliphatic rings. The fraction of sp³-hybridized carbons (Fsp3) is 0.125. The summed E-state index contributed by atoms with van der Waals surface area (Å²) in [6.07, 6.45) is 0. The van der Waals surface area contributed by atoms with Crippen molar-refractivity contribution in [3.05, 3.63) is 58.7 Å². The lowest BCUT2D eigenvalue weighted by Gasteiger charge is -2.12. The molecule has 23 heavy (non-hydrogen) atoms. The van der Waals surface area contributed by atoms with Gasteiger partial charge in [-0.1, -0.05) is 0 Å². The Labute approximate surface area is 132 Å². The number of benzene rings is 2. The van der Waals surface area contributed by atoms with Gasteiger partial charge in [0.2, 0.25) is 9.84 Å². The molecule has 2 rings (SSSR count). The zero-order valence-corrected chi connectivity index (χ0v) is 13.2. The summed E-state index contributed by atoms with van der Waals surface area (Å²) in [5.74, 6) is -2.27. The van der Waals surface area contributed by atoms with E-state index in [0.717, 1.165) is 0 Å². The molecule has 0 aliphatic heterocycles. The van der Waals surface area contributed by atoms with Crippen LogP contribution in [-0.4, -0.2) is 30.6 Å². The molecular formula is C16H14O6S. The molecule has 2 aromatic rings. The predicted molar refractivity (Wildman–Crippen MR) is 81.7 cm³/mol. The van der Waals surface area contributed by atoms with E-state index in [1.54, 1.807) is 13.8 Å². The molecule has 7 heteroatoms. The van der Waals surface area contributed by atoms with Gasteiger partial charge >= 0.3 is 11.9 Å². The van der Waals surface area contributed by atoms with Crippen LogP contribution in [0.25, 0.3) is 0 Å². The summed E-state index contributed by atoms with van der Waals surface area (Å²) in [5, 5.41) is 17.9. The van der Waals surface area contributed by atoms with E-state index in [2.05, 4.69) is 0 Å². The Hall–Kier alpha value is -2.67. The number of carboxylic acid groups (broad SMARTS) is 2. The molecular weight excluding hydrogens is 320 g/mol. The standard InChI is InChI=1S/C16H14O6S/c1-9-10(2)14(8-7-13(9)16(19)20)23(21,22)12-5-3-11(4-6-12)15(17)18/h3-8H,1-2H3,(H,17,18)(H,19,20). The minimum Gasteiger partial charge on any atom is -0.478 e. The van der Waals surface area contributed by atoms with Crippen LogP contribution in [0.5, 0.6) is 0 Å². The van der Waals surface area contributed by atoms with Gasteiger partial charge in [0.05, 0.1) is 20.9 Å². The van der Waals surface area contributed by atoms with E-state index in [1.807, 2.05) is 0 Å². The second-order valence-electron chi connectivity index (χ2n) is 5.00. The molecule has 0 atom stereocenters. The van der Waals surface area contributed by atoms with Crippen LogP contribution in [0, 0.1) is 13.8 Å². The van der Waals surface area contributed by atoms with E-state index in [9.17, 15) is 18.0 Å². The zero-order chi connectivity index (χ0) is 17.4. The lowest BCUT2D eigenvalue weighted by Crippen LogP contribution is -2.09. The van der Waals surface area contributed by atoms with Crippen LogP contribution in [0.3, 0.4) is 0 Å². The molecule has 6 nitrogen and oxygen atoms in total. The van der Waals surface area contributed by atoms with Crippen molar-refractivity contribution in [1.82, 2.24) is 0 Å². The van der Waals surface area contributed by atoms with Crippen molar-refractivity contribution in [3.63, 3.8) is 0 Å². The van der Waals surface area contributed by atoms with Gasteiger partial charge in [0.15, 0.2) is 0 Å². The first-order valence-corrected chi connectivity index (χ1v) is 8.06. The molecule has 2 N–H and O–H groups in total. The van der Waals surface area contributed by atoms with Crippen LogP contribution in [0.1, 0.15) is 31.8 Å². The fourth-order valence-electron chi connectivity index (χ4n) is 2.22. The first-order chi connectivity index (χ1) is 10.7. The molecule has 0 saturated heterocycles. The molecule has 0 aromatic heterocycles. The smallest absolute Gasteiger partial charge is 0.335 e. The van der Waals surface area contributed by atoms with Gasteiger partial charge < -0.3 is 10.2 Å². The monoisotopic (exact) mass is 334 g/mol. The summed E-state index contributed by atoms with van der Waals surface area (Å²) in [4.78, 5) is 21.9. The van der Waals surface area contributed by atoms with E-state index in [1.165, 1.54) is 36.4 Å². The Morgan fingerprint density at radius 1 is 0.826 bits per heavy atom. The molecule has 120 valence electrons. The highest BCUT2D eigenvalue weighted by molar-refractivity contribution is 7.91. The Kier molecular flexibility index (Phi) is 4.24. The fourth-order valence-corrected chi connectivity index (χ4v) is 3.77. The maximum absolute atomic E-state index is 12.7. The molecule has 0 saturated carbocycles. The number of rotatable bonds is 4. The number of hydrogen-bond donors (Lipinski definition) is 2. The third-order valence-corrected chi connectivity index (χ3v) is 5.58. The van der Waals surface area contributed by atoms with Gasteiger partial charge in [-0.15, -0.1) is 0 Å². The summed E-state index contributed by atoms with van der Waals surface area (Å²) < 4.78 is 25.3. The minimum atomic E-state index is -3.86. The Morgan fingerprint density at radius 2 is 1.39 bits per heavy atom. The van der Waals surface area contributed by atoms with Crippen LogP contribution in [-0.2, 0) is 9.84 Å². The Balaban J connectivity index is 2.58. The number of carboxylic acids is 2. The van der Waals surface area contributed by atoms with E-state index >= 15 is 0 Å². The van der Waals surface area contributed by atoms with Crippen molar-refractivity contribution in [2.24, 2.45) is 0 Å². The van der Waals surface area contributed by atoms with E-state index < -0.39 is 21.8 Å². The largest absolute Gasteiger partial charge is 0.478 e. The molecule has 0 spiro atoms. The Bertz CT molecular complexity index is 895. The third kappa shape index (κ3) is 2.95. The maximum atomic E-state index is 12.7. The molecule has 2 aromatic carbocycles. The quantitative estimate of drug-likeness (QED) is 0.889. The van der Waals surface area contributed by atoms with Gasteiger partial charge in [-0.2, -0.15) is 0 Å². The SMILES string of the molecule is Cc1c(C(=O)O)ccc(S(=O)(=O)c2ccc(C(=O)O)cc2)c1C. The summed E-state index contributed by atoms with van der Waals surface area (Å²) in [6, 6.07) is 7.37. The molecule has 0 radical (unpaired) electrons. The van der Waals surface area contributed by atoms with Crippen molar-refractivity contribution in [2.75, 3.05) is 0 Å². The second kappa shape index (κ2) is 5.85. The van der Waals surface area contributed by atoms with Gasteiger partial charge in [-0.3, -0.25) is 0 Å². The van der Waals surface area contributed by atoms with Gasteiger partial charge in [0.25, 0.3) is 0 Å². The molecule has 0 amide bonds. The summed E-state index contributed by atoms with van der Waals surface area (Å²) >= 11 is 0. The molecule has 0 unspecified atom stereocenters. The van der Waals surface area contributed by atoms with Gasteiger partial charge in [-0.25, -0.2) is 18.0 Å². The minimum absolute atomic E-state index is 0.00285. The van der Waals surface area contributed by atoms with Crippen LogP contribution >= 0.6 is 0 Å². The van der Waals surface area contributed by atoms with Crippen molar-refractivity contribution < 1.29 is 28.2 Å². The van der Waals surface area contributed by atoms with Crippen molar-refractivity contribution in [1.29, 1.82) is 0 Å². The van der Waals surface area contributed by atoms with Crippen molar-refractivity contribution in [3.8, 4) is 0 Å². The average molecular weight is 334 g/mol. The molecule has 0 heterocycles. The normalized spacial score (nSPS) is 11.2. The summed E-state index contributed by atoms with van der Waals surface area (Å²) in [7, 11) is -3.86. The van der Waals surface area contributed by atoms with Crippen LogP contribution in [0.15, 0.2) is 46.2 Å². The number of hydrogen-bond acceptors (Lipinski definition) is 4. The highest BCUT2D eigenvalue weighted by Gasteiger charge is 2.23. The number of sulfone groups is 1. The summed E-state index contributed by atoms with van der Waals surface area (Å²) in [5.41, 5.74) is 0.758. The van der Waals surface area contributed by atoms with Crippen LogP contribution < -0.4 is 0 Å². The molecule has 0 fully saturated rings. The lowest BCUT2D eigenvalue weighted by molar-refractivity contribution is 0.0685. The zero-order valence-electron chi connectivity index (χ0n) is 12.4. The first kappa shape index (κ1) is 16.7. The van der Waals surface area contributed by atoms with E-state index in [0.29, 0.717) is 11.1 Å². The molecule has 0 bridgehead atoms. The number of aromatic carboxylic acids is 2. The molecule has 0 aliphatic carbocycles. The number of carbonyl (C=O) groups is 2. The van der Waals surface area contributed by atoms with Gasteiger partial charge in [-0.05, 0) is 61.4 Å². The van der Waals surface area contributed by atoms with E-state index in [-0.39, 0.29) is 20.9 Å². The van der Waals surface area contributed by atoms with Gasteiger partial charge in [0, 0.05) is 0 Å². The topological polar surface area (TPSA) is 109 Å². The first-order valence-electron chi connectivity index (χ1n) is 6.58. The van der Waals surface area contributed by atoms with E-state index in [4.69, 9.17) is 10.2 Å². The van der Waals surface area contributed by atoms with Crippen LogP contribution in [0.2, 0.25) is 0 Å². The van der Waals surface area contributed by atoms with Crippen LogP contribution in [0.4, 0.5) is 0 Å². The lowest BCUT2D eigenvalue weighted by atomic mass is 10.0. The predicted octanol–water partition coefficient (Wildman–Crippen LogP) is 2.53.